The first kappa shape index (κ1) is 10.7. The molecule has 62 valence electrons. The molecule has 0 bridgehead atoms. The molecule has 0 amide bonds. The highest BCUT2D eigenvalue weighted by molar-refractivity contribution is 7.98. The Hall–Kier alpha value is -1.27. The third kappa shape index (κ3) is 3.22. The van der Waals surface area contributed by atoms with Crippen molar-refractivity contribution in [2.45, 2.75) is 4.90 Å². The van der Waals surface area contributed by atoms with E-state index >= 15 is 0 Å². The Kier molecular flexibility index (Phi) is 5.76. The molecule has 0 saturated carbocycles. The second-order valence-corrected chi connectivity index (χ2v) is 2.72. The first-order chi connectivity index (χ1) is 5.86. The van der Waals surface area contributed by atoms with Gasteiger partial charge in [-0.1, -0.05) is 0 Å². The maximum absolute atomic E-state index is 8.44. The maximum atomic E-state index is 8.44. The van der Waals surface area contributed by atoms with E-state index in [-0.39, 0.29) is 0 Å². The van der Waals surface area contributed by atoms with Crippen LogP contribution in [0, 0.1) is 11.3 Å². The molecular formula is C9H9NOS. The van der Waals surface area contributed by atoms with Gasteiger partial charge in [0, 0.05) is 4.90 Å². The van der Waals surface area contributed by atoms with Crippen LogP contribution in [0.5, 0.6) is 0 Å². The number of rotatable bonds is 1. The van der Waals surface area contributed by atoms with Crippen LogP contribution in [0.3, 0.4) is 0 Å². The lowest BCUT2D eigenvalue weighted by atomic mass is 10.2. The molecule has 1 aromatic carbocycles. The van der Waals surface area contributed by atoms with Gasteiger partial charge in [0.1, 0.15) is 6.79 Å². The third-order valence-corrected chi connectivity index (χ3v) is 1.96. The Labute approximate surface area is 76.2 Å². The summed E-state index contributed by atoms with van der Waals surface area (Å²) >= 11 is 1.68. The van der Waals surface area contributed by atoms with Gasteiger partial charge >= 0.3 is 0 Å². The summed E-state index contributed by atoms with van der Waals surface area (Å²) in [7, 11) is 0. The molecule has 1 rings (SSSR count). The van der Waals surface area contributed by atoms with E-state index in [1.54, 1.807) is 11.8 Å². The average molecular weight is 179 g/mol. The number of thioether (sulfide) groups is 1. The van der Waals surface area contributed by atoms with Crippen LogP contribution < -0.4 is 0 Å². The largest absolute Gasteiger partial charge is 0.307 e. The molecule has 1 aromatic rings. The van der Waals surface area contributed by atoms with Gasteiger partial charge < -0.3 is 4.79 Å². The molecule has 0 N–H and O–H groups in total. The molecule has 12 heavy (non-hydrogen) atoms. The van der Waals surface area contributed by atoms with E-state index in [1.807, 2.05) is 37.3 Å². The van der Waals surface area contributed by atoms with E-state index in [1.165, 1.54) is 4.90 Å². The second-order valence-electron chi connectivity index (χ2n) is 1.84. The highest BCUT2D eigenvalue weighted by atomic mass is 32.2. The molecule has 0 heterocycles. The summed E-state index contributed by atoms with van der Waals surface area (Å²) in [5.74, 6) is 0. The van der Waals surface area contributed by atoms with Gasteiger partial charge in [0.15, 0.2) is 0 Å². The van der Waals surface area contributed by atoms with Gasteiger partial charge in [-0.2, -0.15) is 5.26 Å². The van der Waals surface area contributed by atoms with Gasteiger partial charge in [-0.25, -0.2) is 0 Å². The van der Waals surface area contributed by atoms with Crippen molar-refractivity contribution in [2.75, 3.05) is 6.26 Å². The van der Waals surface area contributed by atoms with E-state index in [4.69, 9.17) is 10.1 Å². The van der Waals surface area contributed by atoms with Gasteiger partial charge in [0.05, 0.1) is 11.6 Å². The third-order valence-electron chi connectivity index (χ3n) is 1.22. The molecule has 0 aliphatic rings. The molecule has 0 aliphatic carbocycles. The SMILES string of the molecule is C=O.CSc1ccc(C#N)cc1. The average Bonchev–Trinajstić information content (AvgIpc) is 2.21. The fourth-order valence-electron chi connectivity index (χ4n) is 0.666. The first-order valence-electron chi connectivity index (χ1n) is 3.20. The summed E-state index contributed by atoms with van der Waals surface area (Å²) in [5, 5.41) is 8.44. The summed E-state index contributed by atoms with van der Waals surface area (Å²) < 4.78 is 0. The zero-order chi connectivity index (χ0) is 9.40. The predicted octanol–water partition coefficient (Wildman–Crippen LogP) is 2.10. The molecule has 0 saturated heterocycles. The predicted molar refractivity (Wildman–Crippen MR) is 50.1 cm³/mol. The van der Waals surface area contributed by atoms with Crippen LogP contribution in [0.15, 0.2) is 29.2 Å². The van der Waals surface area contributed by atoms with Crippen LogP contribution in [-0.2, 0) is 4.79 Å². The molecule has 0 spiro atoms. The maximum Gasteiger partial charge on any atom is 0.106 e. The van der Waals surface area contributed by atoms with Crippen molar-refractivity contribution < 1.29 is 4.79 Å². The highest BCUT2D eigenvalue weighted by Gasteiger charge is 1.88. The summed E-state index contributed by atoms with van der Waals surface area (Å²) in [4.78, 5) is 9.19. The van der Waals surface area contributed by atoms with Crippen molar-refractivity contribution in [3.63, 3.8) is 0 Å². The number of carbonyl (C=O) groups is 1. The van der Waals surface area contributed by atoms with Crippen LogP contribution in [-0.4, -0.2) is 13.0 Å². The Morgan fingerprint density at radius 2 is 1.83 bits per heavy atom. The highest BCUT2D eigenvalue weighted by Crippen LogP contribution is 2.13. The molecule has 2 nitrogen and oxygen atoms in total. The summed E-state index contributed by atoms with van der Waals surface area (Å²) in [5.41, 5.74) is 0.720. The number of hydrogen-bond donors (Lipinski definition) is 0. The monoisotopic (exact) mass is 179 g/mol. The smallest absolute Gasteiger partial charge is 0.106 e. The van der Waals surface area contributed by atoms with Crippen LogP contribution in [0.1, 0.15) is 5.56 Å². The summed E-state index contributed by atoms with van der Waals surface area (Å²) in [6.07, 6.45) is 2.02. The minimum atomic E-state index is 0.720. The number of nitriles is 1. The molecule has 0 atom stereocenters. The zero-order valence-electron chi connectivity index (χ0n) is 6.78. The van der Waals surface area contributed by atoms with Gasteiger partial charge in [0.25, 0.3) is 0 Å². The van der Waals surface area contributed by atoms with E-state index in [0.717, 1.165) is 5.56 Å². The Morgan fingerprint density at radius 1 is 1.33 bits per heavy atom. The quantitative estimate of drug-likeness (QED) is 0.620. The molecule has 0 aromatic heterocycles. The van der Waals surface area contributed by atoms with Crippen molar-refractivity contribution >= 4 is 18.6 Å². The van der Waals surface area contributed by atoms with Gasteiger partial charge in [0.2, 0.25) is 0 Å². The summed E-state index contributed by atoms with van der Waals surface area (Å²) in [6.45, 7) is 2.00. The molecular weight excluding hydrogens is 170 g/mol. The number of benzene rings is 1. The Balaban J connectivity index is 0.000000561. The lowest BCUT2D eigenvalue weighted by Gasteiger charge is -1.92. The van der Waals surface area contributed by atoms with Gasteiger partial charge in [-0.3, -0.25) is 0 Å². The van der Waals surface area contributed by atoms with Gasteiger partial charge in [-0.05, 0) is 30.5 Å². The molecule has 0 aliphatic heterocycles. The van der Waals surface area contributed by atoms with E-state index in [0.29, 0.717) is 0 Å². The van der Waals surface area contributed by atoms with Crippen molar-refractivity contribution in [3.8, 4) is 6.07 Å². The molecule has 0 radical (unpaired) electrons. The number of hydrogen-bond acceptors (Lipinski definition) is 3. The van der Waals surface area contributed by atoms with Crippen molar-refractivity contribution in [1.29, 1.82) is 5.26 Å². The zero-order valence-corrected chi connectivity index (χ0v) is 7.60. The topological polar surface area (TPSA) is 40.9 Å². The Bertz CT molecular complexity index is 263. The fraction of sp³-hybridized carbons (Fsp3) is 0.111. The Morgan fingerprint density at radius 3 is 2.17 bits per heavy atom. The van der Waals surface area contributed by atoms with E-state index in [9.17, 15) is 0 Å². The van der Waals surface area contributed by atoms with Crippen LogP contribution in [0.4, 0.5) is 0 Å². The van der Waals surface area contributed by atoms with Gasteiger partial charge in [-0.15, -0.1) is 11.8 Å². The first-order valence-corrected chi connectivity index (χ1v) is 4.42. The lowest BCUT2D eigenvalue weighted by Crippen LogP contribution is -1.72. The standard InChI is InChI=1S/C8H7NS.CH2O/c1-10-8-4-2-7(6-9)3-5-8;1-2/h2-5H,1H3;1H2. The lowest BCUT2D eigenvalue weighted by molar-refractivity contribution is -0.0979. The van der Waals surface area contributed by atoms with Crippen LogP contribution in [0.25, 0.3) is 0 Å². The minimum Gasteiger partial charge on any atom is -0.307 e. The van der Waals surface area contributed by atoms with Crippen LogP contribution in [0.2, 0.25) is 0 Å². The number of nitrogens with zero attached hydrogens (tertiary/aromatic N) is 1. The fourth-order valence-corrected chi connectivity index (χ4v) is 1.07. The minimum absolute atomic E-state index is 0.720. The molecule has 3 heteroatoms. The molecule has 0 unspecified atom stereocenters. The number of carbonyl (C=O) groups excluding carboxylic acids is 1. The summed E-state index contributed by atoms with van der Waals surface area (Å²) in [6, 6.07) is 9.61. The van der Waals surface area contributed by atoms with Crippen LogP contribution >= 0.6 is 11.8 Å². The van der Waals surface area contributed by atoms with E-state index in [2.05, 4.69) is 6.07 Å². The van der Waals surface area contributed by atoms with Crippen molar-refractivity contribution in [2.24, 2.45) is 0 Å². The van der Waals surface area contributed by atoms with Crippen molar-refractivity contribution in [1.82, 2.24) is 0 Å². The second kappa shape index (κ2) is 6.44. The normalized spacial score (nSPS) is 7.67. The van der Waals surface area contributed by atoms with Crippen molar-refractivity contribution in [3.05, 3.63) is 29.8 Å². The van der Waals surface area contributed by atoms with E-state index < -0.39 is 0 Å². The molecule has 0 fully saturated rings.